The van der Waals surface area contributed by atoms with Crippen LogP contribution in [-0.4, -0.2) is 15.0 Å². The summed E-state index contributed by atoms with van der Waals surface area (Å²) < 4.78 is 12.7. The molecule has 3 aromatic heterocycles. The molecule has 5 heteroatoms. The number of aromatic nitrogens is 3. The second kappa shape index (κ2) is 11.4. The minimum absolute atomic E-state index is 0.588. The topological polar surface area (TPSA) is 65.0 Å². The zero-order valence-electron chi connectivity index (χ0n) is 26.7. The van der Waals surface area contributed by atoms with Crippen molar-refractivity contribution in [2.24, 2.45) is 0 Å². The van der Waals surface area contributed by atoms with Crippen LogP contribution in [0, 0.1) is 0 Å². The summed E-state index contributed by atoms with van der Waals surface area (Å²) in [5.74, 6) is 1.79. The first-order chi connectivity index (χ1) is 24.7. The zero-order valence-corrected chi connectivity index (χ0v) is 26.7. The largest absolute Gasteiger partial charge is 0.456 e. The van der Waals surface area contributed by atoms with E-state index < -0.39 is 0 Å². The molecule has 0 N–H and O–H groups in total. The van der Waals surface area contributed by atoms with Gasteiger partial charge in [0, 0.05) is 43.8 Å². The molecule has 0 aliphatic rings. The molecule has 0 unspecified atom stereocenters. The van der Waals surface area contributed by atoms with E-state index in [9.17, 15) is 0 Å². The third kappa shape index (κ3) is 4.75. The quantitative estimate of drug-likeness (QED) is 0.187. The summed E-state index contributed by atoms with van der Waals surface area (Å²) in [5.41, 5.74) is 10.5. The van der Waals surface area contributed by atoms with Crippen LogP contribution in [0.2, 0.25) is 0 Å². The van der Waals surface area contributed by atoms with Crippen LogP contribution in [0.1, 0.15) is 0 Å². The van der Waals surface area contributed by atoms with E-state index in [-0.39, 0.29) is 0 Å². The van der Waals surface area contributed by atoms with Crippen LogP contribution in [0.4, 0.5) is 0 Å². The summed E-state index contributed by atoms with van der Waals surface area (Å²) >= 11 is 0. The fourth-order valence-corrected chi connectivity index (χ4v) is 6.86. The zero-order chi connectivity index (χ0) is 33.0. The molecule has 0 radical (unpaired) electrons. The van der Waals surface area contributed by atoms with Crippen LogP contribution in [0.3, 0.4) is 0 Å². The van der Waals surface area contributed by atoms with E-state index in [0.717, 1.165) is 82.8 Å². The number of benzene rings is 7. The van der Waals surface area contributed by atoms with Crippen molar-refractivity contribution in [3.8, 4) is 56.4 Å². The highest BCUT2D eigenvalue weighted by Crippen LogP contribution is 2.41. The molecule has 3 heterocycles. The molecule has 10 rings (SSSR count). The average molecular weight is 642 g/mol. The summed E-state index contributed by atoms with van der Waals surface area (Å²) in [6, 6.07) is 55.8. The first-order valence-electron chi connectivity index (χ1n) is 16.6. The van der Waals surface area contributed by atoms with Gasteiger partial charge in [0.05, 0.1) is 0 Å². The van der Waals surface area contributed by atoms with Crippen LogP contribution < -0.4 is 0 Å². The predicted molar refractivity (Wildman–Crippen MR) is 202 cm³/mol. The Hall–Kier alpha value is -6.85. The minimum Gasteiger partial charge on any atom is -0.456 e. The van der Waals surface area contributed by atoms with Gasteiger partial charge in [-0.2, -0.15) is 0 Å². The molecule has 234 valence electrons. The summed E-state index contributed by atoms with van der Waals surface area (Å²) in [5, 5.41) is 4.12. The molecule has 50 heavy (non-hydrogen) atoms. The second-order valence-electron chi connectivity index (χ2n) is 12.4. The molecule has 0 fully saturated rings. The molecular weight excluding hydrogens is 615 g/mol. The van der Waals surface area contributed by atoms with Crippen LogP contribution in [-0.2, 0) is 0 Å². The van der Waals surface area contributed by atoms with Gasteiger partial charge in [0.25, 0.3) is 0 Å². The van der Waals surface area contributed by atoms with Crippen molar-refractivity contribution in [2.45, 2.75) is 0 Å². The van der Waals surface area contributed by atoms with E-state index in [4.69, 9.17) is 23.8 Å². The molecule has 10 aromatic rings. The van der Waals surface area contributed by atoms with E-state index in [1.165, 1.54) is 0 Å². The van der Waals surface area contributed by atoms with E-state index in [2.05, 4.69) is 78.9 Å². The summed E-state index contributed by atoms with van der Waals surface area (Å²) in [6.07, 6.45) is 0. The lowest BCUT2D eigenvalue weighted by atomic mass is 9.95. The van der Waals surface area contributed by atoms with Gasteiger partial charge in [-0.05, 0) is 71.3 Å². The van der Waals surface area contributed by atoms with Gasteiger partial charge in [0.2, 0.25) is 0 Å². The van der Waals surface area contributed by atoms with E-state index >= 15 is 0 Å². The van der Waals surface area contributed by atoms with Crippen molar-refractivity contribution in [1.29, 1.82) is 0 Å². The molecule has 5 nitrogen and oxygen atoms in total. The normalized spacial score (nSPS) is 11.6. The monoisotopic (exact) mass is 641 g/mol. The molecule has 0 aliphatic carbocycles. The van der Waals surface area contributed by atoms with Gasteiger partial charge in [0.15, 0.2) is 17.5 Å². The maximum atomic E-state index is 6.61. The molecule has 0 aliphatic heterocycles. The Labute approximate surface area is 287 Å². The Morgan fingerprint density at radius 3 is 1.44 bits per heavy atom. The number of nitrogens with zero attached hydrogens (tertiary/aromatic N) is 3. The molecule has 0 saturated heterocycles. The average Bonchev–Trinajstić information content (AvgIpc) is 3.76. The Bertz CT molecular complexity index is 2860. The van der Waals surface area contributed by atoms with Gasteiger partial charge in [-0.3, -0.25) is 0 Å². The van der Waals surface area contributed by atoms with E-state index in [0.29, 0.717) is 17.5 Å². The van der Waals surface area contributed by atoms with Crippen molar-refractivity contribution in [3.05, 3.63) is 164 Å². The highest BCUT2D eigenvalue weighted by atomic mass is 16.3. The van der Waals surface area contributed by atoms with Crippen molar-refractivity contribution in [1.82, 2.24) is 15.0 Å². The highest BCUT2D eigenvalue weighted by Gasteiger charge is 2.18. The number of hydrogen-bond donors (Lipinski definition) is 0. The van der Waals surface area contributed by atoms with E-state index in [1.807, 2.05) is 84.9 Å². The third-order valence-electron chi connectivity index (χ3n) is 9.32. The predicted octanol–water partition coefficient (Wildman–Crippen LogP) is 12.0. The number of hydrogen-bond acceptors (Lipinski definition) is 5. The number of rotatable bonds is 5. The first kappa shape index (κ1) is 28.2. The van der Waals surface area contributed by atoms with Crippen molar-refractivity contribution < 1.29 is 8.83 Å². The smallest absolute Gasteiger partial charge is 0.164 e. The van der Waals surface area contributed by atoms with Crippen LogP contribution in [0.25, 0.3) is 100 Å². The van der Waals surface area contributed by atoms with Crippen LogP contribution in [0.5, 0.6) is 0 Å². The Morgan fingerprint density at radius 2 is 0.780 bits per heavy atom. The van der Waals surface area contributed by atoms with Crippen molar-refractivity contribution in [2.75, 3.05) is 0 Å². The van der Waals surface area contributed by atoms with Crippen LogP contribution >= 0.6 is 0 Å². The van der Waals surface area contributed by atoms with E-state index in [1.54, 1.807) is 0 Å². The van der Waals surface area contributed by atoms with Gasteiger partial charge in [-0.1, -0.05) is 109 Å². The molecule has 0 spiro atoms. The SMILES string of the molecule is c1ccc(-c2cc(-c3ccccc3)c3oc4ccc(-c5nc(-c6ccccc6)nc(-c6ccc7oc8ccccc8c7c6)n5)cc4c3c2)cc1. The molecular formula is C45H27N3O2. The van der Waals surface area contributed by atoms with Crippen molar-refractivity contribution >= 4 is 43.9 Å². The lowest BCUT2D eigenvalue weighted by Crippen LogP contribution is -2.00. The fourth-order valence-electron chi connectivity index (χ4n) is 6.86. The molecule has 0 amide bonds. The molecule has 7 aromatic carbocycles. The van der Waals surface area contributed by atoms with Gasteiger partial charge in [0.1, 0.15) is 22.3 Å². The lowest BCUT2D eigenvalue weighted by Gasteiger charge is -2.09. The lowest BCUT2D eigenvalue weighted by molar-refractivity contribution is 0.669. The molecule has 0 atom stereocenters. The third-order valence-corrected chi connectivity index (χ3v) is 9.32. The maximum Gasteiger partial charge on any atom is 0.164 e. The Kier molecular flexibility index (Phi) is 6.42. The fraction of sp³-hybridized carbons (Fsp3) is 0. The van der Waals surface area contributed by atoms with Crippen LogP contribution in [0.15, 0.2) is 173 Å². The number of furan rings is 2. The van der Waals surface area contributed by atoms with Gasteiger partial charge in [-0.25, -0.2) is 15.0 Å². The Morgan fingerprint density at radius 1 is 0.300 bits per heavy atom. The Balaban J connectivity index is 1.18. The minimum atomic E-state index is 0.588. The molecule has 0 bridgehead atoms. The summed E-state index contributed by atoms with van der Waals surface area (Å²) in [7, 11) is 0. The van der Waals surface area contributed by atoms with Gasteiger partial charge >= 0.3 is 0 Å². The van der Waals surface area contributed by atoms with Gasteiger partial charge < -0.3 is 8.83 Å². The number of fused-ring (bicyclic) bond motifs is 6. The summed E-state index contributed by atoms with van der Waals surface area (Å²) in [4.78, 5) is 15.1. The van der Waals surface area contributed by atoms with Crippen molar-refractivity contribution in [3.63, 3.8) is 0 Å². The number of para-hydroxylation sites is 1. The van der Waals surface area contributed by atoms with Gasteiger partial charge in [-0.15, -0.1) is 0 Å². The maximum absolute atomic E-state index is 6.61. The molecule has 0 saturated carbocycles. The first-order valence-corrected chi connectivity index (χ1v) is 16.6. The summed E-state index contributed by atoms with van der Waals surface area (Å²) in [6.45, 7) is 0. The highest BCUT2D eigenvalue weighted by molar-refractivity contribution is 6.12. The standard InChI is InChI=1S/C45H27N3O2/c1-4-12-28(13-5-1)33-26-35(29-14-6-2-7-15-29)42-38(27-33)37-25-32(21-23-41(37)50-42)45-47-43(30-16-8-3-9-17-30)46-44(48-45)31-20-22-40-36(24-31)34-18-10-11-19-39(34)49-40/h1-27H. The second-order valence-corrected chi connectivity index (χ2v) is 12.4.